The van der Waals surface area contributed by atoms with E-state index in [1.165, 1.54) is 18.2 Å². The molecule has 5 rings (SSSR count). The summed E-state index contributed by atoms with van der Waals surface area (Å²) < 4.78 is 1.01. The average molecular weight is 696 g/mol. The number of carbonyl (C=O) groups excluding carboxylic acids is 2. The normalized spacial score (nSPS) is 12.5. The van der Waals surface area contributed by atoms with E-state index in [2.05, 4.69) is 45.7 Å². The fourth-order valence-corrected chi connectivity index (χ4v) is 7.77. The molecule has 0 saturated carbocycles. The van der Waals surface area contributed by atoms with Crippen molar-refractivity contribution in [2.24, 2.45) is 17.4 Å². The predicted molar refractivity (Wildman–Crippen MR) is 171 cm³/mol. The van der Waals surface area contributed by atoms with Gasteiger partial charge in [-0.05, 0) is 62.8 Å². The standard InChI is InChI=1S/C32H28Br2N2O6/c1-3-5-6-13(4-2)11-18-27(30(36)38)25-16(29(35)37)9-7-14-22-20(33)12-19(32(41)42)21-17(31(39)40)10-8-15(23(21)22)26(24(14)25)28(18)34/h7-10,12-13H,3-6,11H2,1-2H3,(H2,35,37)(H2,36,38)(H,39,40)(H,41,42). The summed E-state index contributed by atoms with van der Waals surface area (Å²) >= 11 is 7.33. The second kappa shape index (κ2) is 11.1. The minimum Gasteiger partial charge on any atom is -0.478 e. The van der Waals surface area contributed by atoms with E-state index in [-0.39, 0.29) is 33.6 Å². The first-order valence-electron chi connectivity index (χ1n) is 13.6. The molecule has 0 aliphatic carbocycles. The largest absolute Gasteiger partial charge is 0.478 e. The number of halogens is 2. The Labute approximate surface area is 257 Å². The van der Waals surface area contributed by atoms with Crippen LogP contribution in [0.1, 0.15) is 86.5 Å². The average Bonchev–Trinajstić information content (AvgIpc) is 2.94. The number of hydrogen-bond acceptors (Lipinski definition) is 4. The van der Waals surface area contributed by atoms with E-state index >= 15 is 0 Å². The third-order valence-electron chi connectivity index (χ3n) is 8.27. The number of amides is 2. The van der Waals surface area contributed by atoms with Gasteiger partial charge in [-0.2, -0.15) is 0 Å². The number of carbonyl (C=O) groups is 4. The monoisotopic (exact) mass is 694 g/mol. The van der Waals surface area contributed by atoms with Crippen molar-refractivity contribution in [3.8, 4) is 0 Å². The van der Waals surface area contributed by atoms with Crippen LogP contribution >= 0.6 is 31.9 Å². The fraction of sp³-hybridized carbons (Fsp3) is 0.250. The highest BCUT2D eigenvalue weighted by molar-refractivity contribution is 9.11. The van der Waals surface area contributed by atoms with Crippen molar-refractivity contribution in [2.75, 3.05) is 0 Å². The van der Waals surface area contributed by atoms with E-state index in [1.54, 1.807) is 12.1 Å². The van der Waals surface area contributed by atoms with Gasteiger partial charge in [0, 0.05) is 46.8 Å². The number of benzene rings is 5. The van der Waals surface area contributed by atoms with E-state index in [0.717, 1.165) is 25.7 Å². The molecule has 0 spiro atoms. The maximum Gasteiger partial charge on any atom is 0.336 e. The number of fused-ring (bicyclic) bond motifs is 2. The quantitative estimate of drug-likeness (QED) is 0.0868. The maximum atomic E-state index is 13.2. The molecule has 0 fully saturated rings. The molecule has 10 heteroatoms. The lowest BCUT2D eigenvalue weighted by molar-refractivity contribution is 0.0695. The predicted octanol–water partition coefficient (Wildman–Crippen LogP) is 7.62. The van der Waals surface area contributed by atoms with Gasteiger partial charge in [0.25, 0.3) is 0 Å². The zero-order valence-electron chi connectivity index (χ0n) is 22.9. The van der Waals surface area contributed by atoms with Crippen molar-refractivity contribution >= 4 is 98.7 Å². The third-order valence-corrected chi connectivity index (χ3v) is 9.77. The lowest BCUT2D eigenvalue weighted by atomic mass is 9.81. The molecular weight excluding hydrogens is 668 g/mol. The van der Waals surface area contributed by atoms with Crippen LogP contribution in [0.25, 0.3) is 43.1 Å². The number of primary amides is 2. The van der Waals surface area contributed by atoms with Crippen LogP contribution in [0, 0.1) is 5.92 Å². The van der Waals surface area contributed by atoms with E-state index < -0.39 is 23.8 Å². The van der Waals surface area contributed by atoms with Crippen LogP contribution in [0.2, 0.25) is 0 Å². The van der Waals surface area contributed by atoms with Crippen molar-refractivity contribution in [3.05, 3.63) is 67.1 Å². The Morgan fingerprint density at radius 3 is 1.90 bits per heavy atom. The van der Waals surface area contributed by atoms with Crippen LogP contribution in [0.3, 0.4) is 0 Å². The molecule has 0 aromatic heterocycles. The SMILES string of the molecule is CCCCC(CC)Cc1c(C(N)=O)c2c(C(N)=O)ccc3c4c(Br)cc(C(=O)O)c5c(C(=O)O)ccc(c(c1Br)c23)c54. The second-order valence-electron chi connectivity index (χ2n) is 10.6. The van der Waals surface area contributed by atoms with Gasteiger partial charge in [-0.15, -0.1) is 0 Å². The molecular formula is C32H28Br2N2O6. The molecule has 5 aromatic rings. The molecule has 2 amide bonds. The minimum absolute atomic E-state index is 0.0882. The summed E-state index contributed by atoms with van der Waals surface area (Å²) in [5.74, 6) is -3.73. The molecule has 8 nitrogen and oxygen atoms in total. The first-order chi connectivity index (χ1) is 19.9. The Morgan fingerprint density at radius 2 is 1.36 bits per heavy atom. The van der Waals surface area contributed by atoms with Crippen LogP contribution in [-0.2, 0) is 6.42 Å². The highest BCUT2D eigenvalue weighted by atomic mass is 79.9. The molecule has 0 heterocycles. The van der Waals surface area contributed by atoms with Gasteiger partial charge in [-0.1, -0.05) is 67.6 Å². The first-order valence-corrected chi connectivity index (χ1v) is 15.2. The summed E-state index contributed by atoms with van der Waals surface area (Å²) in [7, 11) is 0. The lowest BCUT2D eigenvalue weighted by Gasteiger charge is -2.25. The van der Waals surface area contributed by atoms with Gasteiger partial charge in [-0.3, -0.25) is 9.59 Å². The Balaban J connectivity index is 2.13. The molecule has 1 atom stereocenters. The van der Waals surface area contributed by atoms with Crippen LogP contribution in [-0.4, -0.2) is 34.0 Å². The summed E-state index contributed by atoms with van der Waals surface area (Å²) in [4.78, 5) is 50.7. The summed E-state index contributed by atoms with van der Waals surface area (Å²) in [6, 6.07) is 7.65. The molecule has 0 saturated heterocycles. The molecule has 0 aliphatic rings. The van der Waals surface area contributed by atoms with Crippen LogP contribution in [0.5, 0.6) is 0 Å². The number of nitrogens with two attached hydrogens (primary N) is 2. The number of aromatic carboxylic acids is 2. The molecule has 1 unspecified atom stereocenters. The smallest absolute Gasteiger partial charge is 0.336 e. The number of carboxylic acids is 2. The molecule has 216 valence electrons. The maximum absolute atomic E-state index is 13.2. The molecule has 5 aromatic carbocycles. The Hall–Kier alpha value is -3.76. The van der Waals surface area contributed by atoms with Crippen molar-refractivity contribution in [1.82, 2.24) is 0 Å². The zero-order chi connectivity index (χ0) is 30.6. The van der Waals surface area contributed by atoms with Gasteiger partial charge in [0.05, 0.1) is 16.7 Å². The van der Waals surface area contributed by atoms with Crippen LogP contribution < -0.4 is 11.5 Å². The van der Waals surface area contributed by atoms with Crippen LogP contribution in [0.15, 0.2) is 39.3 Å². The van der Waals surface area contributed by atoms with Crippen molar-refractivity contribution < 1.29 is 29.4 Å². The van der Waals surface area contributed by atoms with E-state index in [0.29, 0.717) is 58.6 Å². The van der Waals surface area contributed by atoms with E-state index in [9.17, 15) is 29.4 Å². The van der Waals surface area contributed by atoms with Crippen molar-refractivity contribution in [1.29, 1.82) is 0 Å². The summed E-state index contributed by atoms with van der Waals surface area (Å²) in [5, 5.41) is 23.9. The number of hydrogen-bond donors (Lipinski definition) is 4. The van der Waals surface area contributed by atoms with E-state index in [1.807, 2.05) is 0 Å². The lowest BCUT2D eigenvalue weighted by Crippen LogP contribution is -2.20. The fourth-order valence-electron chi connectivity index (χ4n) is 6.36. The second-order valence-corrected chi connectivity index (χ2v) is 12.3. The van der Waals surface area contributed by atoms with Gasteiger partial charge in [-0.25, -0.2) is 9.59 Å². The van der Waals surface area contributed by atoms with Crippen molar-refractivity contribution in [2.45, 2.75) is 46.0 Å². The zero-order valence-corrected chi connectivity index (χ0v) is 26.1. The number of unbranched alkanes of at least 4 members (excludes halogenated alkanes) is 1. The Kier molecular flexibility index (Phi) is 7.89. The van der Waals surface area contributed by atoms with Gasteiger partial charge in [0.2, 0.25) is 11.8 Å². The third kappa shape index (κ3) is 4.48. The highest BCUT2D eigenvalue weighted by Gasteiger charge is 2.30. The topological polar surface area (TPSA) is 161 Å². The Morgan fingerprint density at radius 1 is 0.762 bits per heavy atom. The molecule has 0 aliphatic heterocycles. The number of rotatable bonds is 10. The summed E-state index contributed by atoms with van der Waals surface area (Å²) in [6.07, 6.45) is 4.32. The summed E-state index contributed by atoms with van der Waals surface area (Å²) in [6.45, 7) is 4.21. The first kappa shape index (κ1) is 29.7. The number of carboxylic acid groups (broad SMARTS) is 2. The minimum atomic E-state index is -1.27. The molecule has 6 N–H and O–H groups in total. The Bertz CT molecular complexity index is 1980. The summed E-state index contributed by atoms with van der Waals surface area (Å²) in [5.41, 5.74) is 12.6. The molecule has 0 bridgehead atoms. The van der Waals surface area contributed by atoms with Gasteiger partial charge < -0.3 is 21.7 Å². The molecule has 42 heavy (non-hydrogen) atoms. The molecule has 0 radical (unpaired) electrons. The van der Waals surface area contributed by atoms with Crippen LogP contribution in [0.4, 0.5) is 0 Å². The van der Waals surface area contributed by atoms with Gasteiger partial charge in [0.15, 0.2) is 0 Å². The highest BCUT2D eigenvalue weighted by Crippen LogP contribution is 2.50. The van der Waals surface area contributed by atoms with E-state index in [4.69, 9.17) is 11.5 Å². The van der Waals surface area contributed by atoms with Gasteiger partial charge >= 0.3 is 11.9 Å². The van der Waals surface area contributed by atoms with Gasteiger partial charge in [0.1, 0.15) is 0 Å². The van der Waals surface area contributed by atoms with Crippen molar-refractivity contribution in [3.63, 3.8) is 0 Å².